The predicted octanol–water partition coefficient (Wildman–Crippen LogP) is 3.80. The molecule has 0 amide bonds. The van der Waals surface area contributed by atoms with E-state index in [1.165, 1.54) is 0 Å². The topological polar surface area (TPSA) is 62.1 Å². The Morgan fingerprint density at radius 3 is 2.76 bits per heavy atom. The van der Waals surface area contributed by atoms with Crippen molar-refractivity contribution in [2.45, 2.75) is 19.9 Å². The molecule has 0 atom stereocenters. The van der Waals surface area contributed by atoms with Crippen molar-refractivity contribution in [1.29, 1.82) is 5.26 Å². The van der Waals surface area contributed by atoms with E-state index in [4.69, 9.17) is 10.00 Å². The Hall–Kier alpha value is -2.32. The number of anilines is 1. The van der Waals surface area contributed by atoms with Crippen molar-refractivity contribution >= 4 is 23.0 Å². The zero-order valence-electron chi connectivity index (χ0n) is 11.8. The highest BCUT2D eigenvalue weighted by atomic mass is 32.1. The van der Waals surface area contributed by atoms with Crippen molar-refractivity contribution in [1.82, 2.24) is 0 Å². The summed E-state index contributed by atoms with van der Waals surface area (Å²) in [6.07, 6.45) is 0.816. The third-order valence-electron chi connectivity index (χ3n) is 2.81. The molecule has 0 aliphatic carbocycles. The molecule has 0 fully saturated rings. The molecule has 0 saturated carbocycles. The van der Waals surface area contributed by atoms with Crippen LogP contribution in [0.1, 0.15) is 34.1 Å². The minimum absolute atomic E-state index is 0.291. The summed E-state index contributed by atoms with van der Waals surface area (Å²) in [4.78, 5) is 12.8. The second-order valence-electron chi connectivity index (χ2n) is 4.48. The van der Waals surface area contributed by atoms with Crippen molar-refractivity contribution in [2.24, 2.45) is 0 Å². The lowest BCUT2D eigenvalue weighted by atomic mass is 10.2. The second kappa shape index (κ2) is 7.46. The summed E-state index contributed by atoms with van der Waals surface area (Å²) in [5.41, 5.74) is 2.16. The van der Waals surface area contributed by atoms with Crippen LogP contribution in [0.2, 0.25) is 0 Å². The first-order valence-electron chi connectivity index (χ1n) is 6.71. The lowest BCUT2D eigenvalue weighted by Crippen LogP contribution is -2.06. The standard InChI is InChI=1S/C16H16N2O2S/c1-2-7-20-16(19)13-3-5-14(6-4-13)18-10-15-8-12(9-17)11-21-15/h3-6,8,11,18H,2,7,10H2,1H3. The number of thiophene rings is 1. The number of nitriles is 1. The monoisotopic (exact) mass is 300 g/mol. The first-order chi connectivity index (χ1) is 10.2. The highest BCUT2D eigenvalue weighted by molar-refractivity contribution is 7.10. The van der Waals surface area contributed by atoms with Gasteiger partial charge in [0.2, 0.25) is 0 Å². The molecule has 4 nitrogen and oxygen atoms in total. The summed E-state index contributed by atoms with van der Waals surface area (Å²) in [7, 11) is 0. The maximum atomic E-state index is 11.7. The van der Waals surface area contributed by atoms with E-state index < -0.39 is 0 Å². The van der Waals surface area contributed by atoms with Crippen molar-refractivity contribution in [3.63, 3.8) is 0 Å². The van der Waals surface area contributed by atoms with Crippen LogP contribution in [-0.4, -0.2) is 12.6 Å². The molecule has 0 bridgehead atoms. The van der Waals surface area contributed by atoms with Gasteiger partial charge in [-0.3, -0.25) is 0 Å². The van der Waals surface area contributed by atoms with Gasteiger partial charge < -0.3 is 10.1 Å². The summed E-state index contributed by atoms with van der Waals surface area (Å²) in [6, 6.07) is 11.2. The van der Waals surface area contributed by atoms with Crippen molar-refractivity contribution in [2.75, 3.05) is 11.9 Å². The molecule has 1 N–H and O–H groups in total. The summed E-state index contributed by atoms with van der Waals surface area (Å²) in [5.74, 6) is -0.291. The Morgan fingerprint density at radius 2 is 2.14 bits per heavy atom. The molecule has 0 spiro atoms. The van der Waals surface area contributed by atoms with Gasteiger partial charge in [-0.25, -0.2) is 4.79 Å². The Labute approximate surface area is 128 Å². The quantitative estimate of drug-likeness (QED) is 0.824. The van der Waals surface area contributed by atoms with Crippen LogP contribution in [0.25, 0.3) is 0 Å². The normalized spacial score (nSPS) is 9.90. The second-order valence-corrected chi connectivity index (χ2v) is 5.48. The molecule has 108 valence electrons. The summed E-state index contributed by atoms with van der Waals surface area (Å²) < 4.78 is 5.07. The van der Waals surface area contributed by atoms with Crippen LogP contribution in [0.5, 0.6) is 0 Å². The lowest BCUT2D eigenvalue weighted by molar-refractivity contribution is 0.0505. The van der Waals surface area contributed by atoms with Gasteiger partial charge in [0.25, 0.3) is 0 Å². The average Bonchev–Trinajstić information content (AvgIpc) is 2.99. The molecule has 0 unspecified atom stereocenters. The molecule has 5 heteroatoms. The Balaban J connectivity index is 1.90. The number of esters is 1. The van der Waals surface area contributed by atoms with E-state index in [0.29, 0.717) is 24.3 Å². The van der Waals surface area contributed by atoms with Gasteiger partial charge in [-0.2, -0.15) is 5.26 Å². The number of rotatable bonds is 6. The SMILES string of the molecule is CCCOC(=O)c1ccc(NCc2cc(C#N)cs2)cc1. The summed E-state index contributed by atoms with van der Waals surface area (Å²) >= 11 is 1.55. The molecule has 0 saturated heterocycles. The maximum Gasteiger partial charge on any atom is 0.338 e. The highest BCUT2D eigenvalue weighted by Crippen LogP contribution is 2.17. The van der Waals surface area contributed by atoms with Crippen LogP contribution in [0.15, 0.2) is 35.7 Å². The predicted molar refractivity (Wildman–Crippen MR) is 83.4 cm³/mol. The van der Waals surface area contributed by atoms with Crippen LogP contribution in [0.3, 0.4) is 0 Å². The molecular weight excluding hydrogens is 284 g/mol. The smallest absolute Gasteiger partial charge is 0.338 e. The van der Waals surface area contributed by atoms with E-state index in [-0.39, 0.29) is 5.97 Å². The molecule has 1 aromatic carbocycles. The van der Waals surface area contributed by atoms with Crippen molar-refractivity contribution in [3.8, 4) is 6.07 Å². The van der Waals surface area contributed by atoms with Gasteiger partial charge in [0.15, 0.2) is 0 Å². The van der Waals surface area contributed by atoms with Crippen LogP contribution in [0.4, 0.5) is 5.69 Å². The largest absolute Gasteiger partial charge is 0.462 e. The van der Waals surface area contributed by atoms with Crippen molar-refractivity contribution in [3.05, 3.63) is 51.7 Å². The average molecular weight is 300 g/mol. The number of benzene rings is 1. The molecule has 2 rings (SSSR count). The highest BCUT2D eigenvalue weighted by Gasteiger charge is 2.06. The van der Waals surface area contributed by atoms with Gasteiger partial charge >= 0.3 is 5.97 Å². The van der Waals surface area contributed by atoms with Crippen LogP contribution in [-0.2, 0) is 11.3 Å². The molecular formula is C16H16N2O2S. The van der Waals surface area contributed by atoms with Crippen LogP contribution < -0.4 is 5.32 Å². The molecule has 0 aliphatic rings. The first kappa shape index (κ1) is 15.1. The molecule has 2 aromatic rings. The number of ether oxygens (including phenoxy) is 1. The number of hydrogen-bond acceptors (Lipinski definition) is 5. The molecule has 1 heterocycles. The fourth-order valence-electron chi connectivity index (χ4n) is 1.72. The van der Waals surface area contributed by atoms with Crippen LogP contribution in [0, 0.1) is 11.3 Å². The first-order valence-corrected chi connectivity index (χ1v) is 7.59. The third kappa shape index (κ3) is 4.33. The van der Waals surface area contributed by atoms with E-state index in [0.717, 1.165) is 17.0 Å². The fraction of sp³-hybridized carbons (Fsp3) is 0.250. The molecule has 1 aromatic heterocycles. The number of carbonyl (C=O) groups excluding carboxylic acids is 1. The number of hydrogen-bond donors (Lipinski definition) is 1. The zero-order valence-corrected chi connectivity index (χ0v) is 12.6. The number of nitrogens with one attached hydrogen (secondary N) is 1. The summed E-state index contributed by atoms with van der Waals surface area (Å²) in [5, 5.41) is 13.9. The van der Waals surface area contributed by atoms with Gasteiger partial charge in [-0.15, -0.1) is 11.3 Å². The Bertz CT molecular complexity index is 641. The van der Waals surface area contributed by atoms with Gasteiger partial charge in [0.1, 0.15) is 6.07 Å². The number of carbonyl (C=O) groups is 1. The number of nitrogens with zero attached hydrogens (tertiary/aromatic N) is 1. The zero-order chi connectivity index (χ0) is 15.1. The molecule has 0 aliphatic heterocycles. The van der Waals surface area contributed by atoms with E-state index in [1.807, 2.05) is 30.5 Å². The molecule has 21 heavy (non-hydrogen) atoms. The maximum absolute atomic E-state index is 11.7. The van der Waals surface area contributed by atoms with Crippen molar-refractivity contribution < 1.29 is 9.53 Å². The minimum Gasteiger partial charge on any atom is -0.462 e. The van der Waals surface area contributed by atoms with E-state index in [9.17, 15) is 4.79 Å². The Kier molecular flexibility index (Phi) is 5.35. The molecule has 0 radical (unpaired) electrons. The Morgan fingerprint density at radius 1 is 1.38 bits per heavy atom. The van der Waals surface area contributed by atoms with E-state index in [1.54, 1.807) is 23.5 Å². The third-order valence-corrected chi connectivity index (χ3v) is 3.74. The van der Waals surface area contributed by atoms with Gasteiger partial charge in [-0.05, 0) is 36.8 Å². The van der Waals surface area contributed by atoms with E-state index >= 15 is 0 Å². The van der Waals surface area contributed by atoms with Gasteiger partial charge in [0.05, 0.1) is 17.7 Å². The van der Waals surface area contributed by atoms with Crippen LogP contribution >= 0.6 is 11.3 Å². The lowest BCUT2D eigenvalue weighted by Gasteiger charge is -2.06. The minimum atomic E-state index is -0.291. The fourth-order valence-corrected chi connectivity index (χ4v) is 2.47. The van der Waals surface area contributed by atoms with Gasteiger partial charge in [-0.1, -0.05) is 6.92 Å². The van der Waals surface area contributed by atoms with Gasteiger partial charge in [0, 0.05) is 22.5 Å². The summed E-state index contributed by atoms with van der Waals surface area (Å²) in [6.45, 7) is 3.06. The van der Waals surface area contributed by atoms with E-state index in [2.05, 4.69) is 11.4 Å².